The third-order valence-corrected chi connectivity index (χ3v) is 2.33. The van der Waals surface area contributed by atoms with E-state index >= 15 is 0 Å². The van der Waals surface area contributed by atoms with Crippen LogP contribution in [0.4, 0.5) is 0 Å². The second-order valence-electron chi connectivity index (χ2n) is 3.91. The van der Waals surface area contributed by atoms with Crippen molar-refractivity contribution in [3.63, 3.8) is 0 Å². The first-order valence-corrected chi connectivity index (χ1v) is 6.06. The molecule has 0 aliphatic heterocycles. The molecule has 6 nitrogen and oxygen atoms in total. The third-order valence-electron chi connectivity index (χ3n) is 2.33. The van der Waals surface area contributed by atoms with Crippen molar-refractivity contribution in [3.8, 4) is 0 Å². The molecule has 0 saturated carbocycles. The van der Waals surface area contributed by atoms with Crippen LogP contribution in [0.2, 0.25) is 0 Å². The summed E-state index contributed by atoms with van der Waals surface area (Å²) < 4.78 is 1.85. The third kappa shape index (κ3) is 6.01. The van der Waals surface area contributed by atoms with E-state index in [9.17, 15) is 4.79 Å². The van der Waals surface area contributed by atoms with Crippen molar-refractivity contribution >= 4 is 5.91 Å². The van der Waals surface area contributed by atoms with Gasteiger partial charge in [-0.15, -0.1) is 5.10 Å². The summed E-state index contributed by atoms with van der Waals surface area (Å²) >= 11 is 0. The first-order chi connectivity index (χ1) is 8.22. The summed E-state index contributed by atoms with van der Waals surface area (Å²) in [7, 11) is 0. The lowest BCUT2D eigenvalue weighted by Crippen LogP contribution is -2.22. The van der Waals surface area contributed by atoms with Crippen LogP contribution in [-0.4, -0.2) is 40.5 Å². The number of hydrogen-bond acceptors (Lipinski definition) is 4. The minimum atomic E-state index is -0.0111. The van der Waals surface area contributed by atoms with Gasteiger partial charge in [0.05, 0.1) is 5.69 Å². The number of hydrogen-bond donors (Lipinski definition) is 2. The number of aromatic nitrogens is 3. The van der Waals surface area contributed by atoms with Crippen LogP contribution in [0.3, 0.4) is 0 Å². The van der Waals surface area contributed by atoms with E-state index in [4.69, 9.17) is 0 Å². The molecular weight excluding hydrogens is 218 g/mol. The second-order valence-corrected chi connectivity index (χ2v) is 3.91. The Balaban J connectivity index is 2.20. The molecule has 0 saturated heterocycles. The van der Waals surface area contributed by atoms with Crippen LogP contribution in [-0.2, 0) is 17.8 Å². The summed E-state index contributed by atoms with van der Waals surface area (Å²) in [5.41, 5.74) is 0.919. The van der Waals surface area contributed by atoms with Crippen LogP contribution in [0.25, 0.3) is 0 Å². The molecule has 96 valence electrons. The van der Waals surface area contributed by atoms with Gasteiger partial charge in [-0.05, 0) is 19.5 Å². The topological polar surface area (TPSA) is 71.8 Å². The summed E-state index contributed by atoms with van der Waals surface area (Å²) in [5, 5.41) is 14.1. The van der Waals surface area contributed by atoms with Gasteiger partial charge < -0.3 is 10.6 Å². The number of nitrogens with zero attached hydrogens (tertiary/aromatic N) is 3. The Morgan fingerprint density at radius 2 is 2.29 bits per heavy atom. The maximum Gasteiger partial charge on any atom is 0.216 e. The standard InChI is InChI=1S/C11H21N5O/c1-3-12-6-4-8-16-9-11(14-15-16)5-7-13-10(2)17/h9,12H,3-8H2,1-2H3,(H,13,17). The van der Waals surface area contributed by atoms with Gasteiger partial charge in [0, 0.05) is 32.6 Å². The van der Waals surface area contributed by atoms with Crippen molar-refractivity contribution in [2.24, 2.45) is 0 Å². The molecule has 1 heterocycles. The predicted octanol–water partition coefficient (Wildman–Crippen LogP) is -0.0437. The second kappa shape index (κ2) is 7.78. The minimum Gasteiger partial charge on any atom is -0.356 e. The van der Waals surface area contributed by atoms with Gasteiger partial charge in [0.2, 0.25) is 5.91 Å². The normalized spacial score (nSPS) is 10.5. The van der Waals surface area contributed by atoms with E-state index in [2.05, 4.69) is 27.9 Å². The molecule has 0 aliphatic rings. The molecule has 1 rings (SSSR count). The van der Waals surface area contributed by atoms with Crippen molar-refractivity contribution in [2.75, 3.05) is 19.6 Å². The summed E-state index contributed by atoms with van der Waals surface area (Å²) in [6.45, 7) is 7.09. The number of amides is 1. The highest BCUT2D eigenvalue weighted by Gasteiger charge is 2.00. The Morgan fingerprint density at radius 3 is 3.00 bits per heavy atom. The number of aryl methyl sites for hydroxylation is 1. The van der Waals surface area contributed by atoms with Gasteiger partial charge in [0.15, 0.2) is 0 Å². The fraction of sp³-hybridized carbons (Fsp3) is 0.727. The Labute approximate surface area is 102 Å². The zero-order chi connectivity index (χ0) is 12.5. The molecule has 0 aromatic carbocycles. The van der Waals surface area contributed by atoms with Crippen LogP contribution >= 0.6 is 0 Å². The van der Waals surface area contributed by atoms with Gasteiger partial charge in [0.1, 0.15) is 0 Å². The molecule has 1 aromatic rings. The van der Waals surface area contributed by atoms with Crippen LogP contribution in [0.1, 0.15) is 26.0 Å². The number of nitrogens with one attached hydrogen (secondary N) is 2. The van der Waals surface area contributed by atoms with Crippen LogP contribution in [0, 0.1) is 0 Å². The first-order valence-electron chi connectivity index (χ1n) is 6.06. The van der Waals surface area contributed by atoms with Crippen molar-refractivity contribution < 1.29 is 4.79 Å². The lowest BCUT2D eigenvalue weighted by molar-refractivity contribution is -0.118. The molecule has 2 N–H and O–H groups in total. The van der Waals surface area contributed by atoms with E-state index in [-0.39, 0.29) is 5.91 Å². The van der Waals surface area contributed by atoms with E-state index in [1.165, 1.54) is 6.92 Å². The largest absolute Gasteiger partial charge is 0.356 e. The first kappa shape index (κ1) is 13.6. The van der Waals surface area contributed by atoms with E-state index in [0.717, 1.165) is 38.2 Å². The van der Waals surface area contributed by atoms with Crippen molar-refractivity contribution in [1.29, 1.82) is 0 Å². The Hall–Kier alpha value is -1.43. The van der Waals surface area contributed by atoms with E-state index in [1.807, 2.05) is 10.9 Å². The lowest BCUT2D eigenvalue weighted by atomic mass is 10.3. The molecule has 17 heavy (non-hydrogen) atoms. The van der Waals surface area contributed by atoms with Crippen molar-refractivity contribution in [2.45, 2.75) is 33.2 Å². The zero-order valence-corrected chi connectivity index (χ0v) is 10.6. The van der Waals surface area contributed by atoms with Crippen LogP contribution < -0.4 is 10.6 Å². The monoisotopic (exact) mass is 239 g/mol. The van der Waals surface area contributed by atoms with E-state index in [1.54, 1.807) is 0 Å². The Bertz CT molecular complexity index is 336. The molecular formula is C11H21N5O. The fourth-order valence-corrected chi connectivity index (χ4v) is 1.47. The molecule has 0 atom stereocenters. The van der Waals surface area contributed by atoms with Crippen LogP contribution in [0.5, 0.6) is 0 Å². The Kier molecular flexibility index (Phi) is 6.24. The van der Waals surface area contributed by atoms with Gasteiger partial charge in [-0.2, -0.15) is 0 Å². The summed E-state index contributed by atoms with van der Waals surface area (Å²) in [4.78, 5) is 10.7. The summed E-state index contributed by atoms with van der Waals surface area (Å²) in [5.74, 6) is -0.0111. The highest BCUT2D eigenvalue weighted by Crippen LogP contribution is 1.95. The maximum absolute atomic E-state index is 10.7. The molecule has 0 fully saturated rings. The quantitative estimate of drug-likeness (QED) is 0.624. The summed E-state index contributed by atoms with van der Waals surface area (Å²) in [6, 6.07) is 0. The van der Waals surface area contributed by atoms with E-state index < -0.39 is 0 Å². The minimum absolute atomic E-state index is 0.0111. The van der Waals surface area contributed by atoms with Crippen molar-refractivity contribution in [1.82, 2.24) is 25.6 Å². The molecule has 1 aromatic heterocycles. The highest BCUT2D eigenvalue weighted by molar-refractivity contribution is 5.72. The van der Waals surface area contributed by atoms with Gasteiger partial charge in [-0.25, -0.2) is 0 Å². The molecule has 0 radical (unpaired) electrons. The van der Waals surface area contributed by atoms with Gasteiger partial charge in [-0.3, -0.25) is 9.48 Å². The average molecular weight is 239 g/mol. The van der Waals surface area contributed by atoms with Crippen molar-refractivity contribution in [3.05, 3.63) is 11.9 Å². The zero-order valence-electron chi connectivity index (χ0n) is 10.6. The number of rotatable bonds is 8. The van der Waals surface area contributed by atoms with E-state index in [0.29, 0.717) is 6.54 Å². The molecule has 1 amide bonds. The SMILES string of the molecule is CCNCCCn1cc(CCNC(C)=O)nn1. The predicted molar refractivity (Wildman–Crippen MR) is 65.6 cm³/mol. The number of carbonyl (C=O) groups is 1. The molecule has 0 bridgehead atoms. The highest BCUT2D eigenvalue weighted by atomic mass is 16.1. The maximum atomic E-state index is 10.7. The van der Waals surface area contributed by atoms with Gasteiger partial charge >= 0.3 is 0 Å². The lowest BCUT2D eigenvalue weighted by Gasteiger charge is -2.01. The molecule has 0 unspecified atom stereocenters. The number of carbonyl (C=O) groups excluding carboxylic acids is 1. The van der Waals surface area contributed by atoms with Crippen LogP contribution in [0.15, 0.2) is 6.20 Å². The van der Waals surface area contributed by atoms with Gasteiger partial charge in [0.25, 0.3) is 0 Å². The Morgan fingerprint density at radius 1 is 1.47 bits per heavy atom. The van der Waals surface area contributed by atoms with Gasteiger partial charge in [-0.1, -0.05) is 12.1 Å². The molecule has 0 aliphatic carbocycles. The molecule has 0 spiro atoms. The molecule has 6 heteroatoms. The average Bonchev–Trinajstić information content (AvgIpc) is 2.72. The summed E-state index contributed by atoms with van der Waals surface area (Å²) in [6.07, 6.45) is 3.71. The smallest absolute Gasteiger partial charge is 0.216 e. The fourth-order valence-electron chi connectivity index (χ4n) is 1.47.